The van der Waals surface area contributed by atoms with Crippen LogP contribution in [0.2, 0.25) is 0 Å². The molecule has 4 nitrogen and oxygen atoms in total. The standard InChI is InChI=1S/C17H28N2O2.ClH/c1-4-21-16(13(2)3)10-11-19-17(20)15(18)12-14-8-6-5-7-9-14;/h5-9,13,15-16H,4,10-12,18H2,1-3H3,(H,19,20);1H/t15-,16?;/m0./s1. The maximum absolute atomic E-state index is 12.0. The van der Waals surface area contributed by atoms with Crippen LogP contribution in [0.5, 0.6) is 0 Å². The van der Waals surface area contributed by atoms with Crippen molar-refractivity contribution in [3.63, 3.8) is 0 Å². The van der Waals surface area contributed by atoms with E-state index >= 15 is 0 Å². The van der Waals surface area contributed by atoms with Crippen molar-refractivity contribution in [3.05, 3.63) is 35.9 Å². The Bertz CT molecular complexity index is 412. The fourth-order valence-electron chi connectivity index (χ4n) is 2.25. The van der Waals surface area contributed by atoms with Gasteiger partial charge in [0.05, 0.1) is 12.1 Å². The van der Waals surface area contributed by atoms with Crippen LogP contribution < -0.4 is 11.1 Å². The molecule has 0 aliphatic rings. The molecule has 1 aromatic rings. The van der Waals surface area contributed by atoms with Crippen LogP contribution in [0.3, 0.4) is 0 Å². The average molecular weight is 329 g/mol. The zero-order valence-corrected chi connectivity index (χ0v) is 14.6. The van der Waals surface area contributed by atoms with E-state index < -0.39 is 6.04 Å². The summed E-state index contributed by atoms with van der Waals surface area (Å²) in [5.74, 6) is 0.345. The summed E-state index contributed by atoms with van der Waals surface area (Å²) in [5, 5.41) is 2.90. The molecule has 22 heavy (non-hydrogen) atoms. The van der Waals surface area contributed by atoms with E-state index in [4.69, 9.17) is 10.5 Å². The van der Waals surface area contributed by atoms with Crippen molar-refractivity contribution >= 4 is 18.3 Å². The molecule has 0 saturated heterocycles. The second kappa shape index (κ2) is 11.5. The number of ether oxygens (including phenoxy) is 1. The fourth-order valence-corrected chi connectivity index (χ4v) is 2.25. The highest BCUT2D eigenvalue weighted by atomic mass is 35.5. The molecule has 0 bridgehead atoms. The molecule has 0 aromatic heterocycles. The van der Waals surface area contributed by atoms with Gasteiger partial charge in [-0.1, -0.05) is 44.2 Å². The third-order valence-corrected chi connectivity index (χ3v) is 3.49. The highest BCUT2D eigenvalue weighted by Gasteiger charge is 2.16. The van der Waals surface area contributed by atoms with E-state index in [2.05, 4.69) is 19.2 Å². The minimum Gasteiger partial charge on any atom is -0.378 e. The summed E-state index contributed by atoms with van der Waals surface area (Å²) in [6.07, 6.45) is 1.56. The maximum atomic E-state index is 12.0. The van der Waals surface area contributed by atoms with Gasteiger partial charge in [0.15, 0.2) is 0 Å². The smallest absolute Gasteiger partial charge is 0.237 e. The molecule has 1 rings (SSSR count). The van der Waals surface area contributed by atoms with Crippen molar-refractivity contribution < 1.29 is 9.53 Å². The van der Waals surface area contributed by atoms with Crippen LogP contribution in [0, 0.1) is 5.92 Å². The minimum absolute atomic E-state index is 0. The number of carbonyl (C=O) groups excluding carboxylic acids is 1. The quantitative estimate of drug-likeness (QED) is 0.732. The van der Waals surface area contributed by atoms with Crippen LogP contribution in [0.15, 0.2) is 30.3 Å². The van der Waals surface area contributed by atoms with Gasteiger partial charge in [-0.25, -0.2) is 0 Å². The maximum Gasteiger partial charge on any atom is 0.237 e. The van der Waals surface area contributed by atoms with Crippen LogP contribution >= 0.6 is 12.4 Å². The topological polar surface area (TPSA) is 64.3 Å². The molecule has 2 atom stereocenters. The van der Waals surface area contributed by atoms with Crippen LogP contribution in [-0.2, 0) is 16.0 Å². The van der Waals surface area contributed by atoms with Gasteiger partial charge in [-0.2, -0.15) is 0 Å². The lowest BCUT2D eigenvalue weighted by atomic mass is 10.0. The second-order valence-corrected chi connectivity index (χ2v) is 5.61. The molecule has 1 aromatic carbocycles. The minimum atomic E-state index is -0.503. The van der Waals surface area contributed by atoms with Crippen LogP contribution in [0.1, 0.15) is 32.8 Å². The zero-order valence-electron chi connectivity index (χ0n) is 13.7. The number of nitrogens with two attached hydrogens (primary N) is 1. The molecule has 5 heteroatoms. The van der Waals surface area contributed by atoms with Gasteiger partial charge in [-0.3, -0.25) is 4.79 Å². The molecule has 0 fully saturated rings. The normalized spacial score (nSPS) is 13.3. The van der Waals surface area contributed by atoms with Crippen molar-refractivity contribution in [2.45, 2.75) is 45.8 Å². The van der Waals surface area contributed by atoms with Gasteiger partial charge in [0.25, 0.3) is 0 Å². The number of hydrogen-bond donors (Lipinski definition) is 2. The molecule has 0 aliphatic carbocycles. The van der Waals surface area contributed by atoms with Crippen molar-refractivity contribution in [1.82, 2.24) is 5.32 Å². The van der Waals surface area contributed by atoms with Crippen LogP contribution in [-0.4, -0.2) is 31.2 Å². The predicted molar refractivity (Wildman–Crippen MR) is 93.2 cm³/mol. The molecule has 0 aliphatic heterocycles. The molecule has 0 heterocycles. The Morgan fingerprint density at radius 1 is 1.27 bits per heavy atom. The SMILES string of the molecule is CCOC(CCNC(=O)[C@@H](N)Cc1ccccc1)C(C)C.Cl. The van der Waals surface area contributed by atoms with E-state index in [1.54, 1.807) is 0 Å². The number of nitrogens with one attached hydrogen (secondary N) is 1. The van der Waals surface area contributed by atoms with Crippen LogP contribution in [0.4, 0.5) is 0 Å². The Morgan fingerprint density at radius 2 is 1.91 bits per heavy atom. The highest BCUT2D eigenvalue weighted by molar-refractivity contribution is 5.85. The van der Waals surface area contributed by atoms with Crippen molar-refractivity contribution in [2.75, 3.05) is 13.2 Å². The van der Waals surface area contributed by atoms with Gasteiger partial charge in [-0.05, 0) is 31.2 Å². The summed E-state index contributed by atoms with van der Waals surface area (Å²) in [4.78, 5) is 12.0. The summed E-state index contributed by atoms with van der Waals surface area (Å²) >= 11 is 0. The summed E-state index contributed by atoms with van der Waals surface area (Å²) in [6, 6.07) is 9.32. The lowest BCUT2D eigenvalue weighted by Gasteiger charge is -2.21. The third kappa shape index (κ3) is 7.78. The Hall–Kier alpha value is -1.10. The summed E-state index contributed by atoms with van der Waals surface area (Å²) < 4.78 is 5.66. The van der Waals surface area contributed by atoms with E-state index in [-0.39, 0.29) is 24.4 Å². The molecule has 0 saturated carbocycles. The lowest BCUT2D eigenvalue weighted by Crippen LogP contribution is -2.43. The summed E-state index contributed by atoms with van der Waals surface area (Å²) in [5.41, 5.74) is 7.02. The first-order valence-electron chi connectivity index (χ1n) is 7.73. The van der Waals surface area contributed by atoms with Crippen LogP contribution in [0.25, 0.3) is 0 Å². The highest BCUT2D eigenvalue weighted by Crippen LogP contribution is 2.10. The molecular formula is C17H29ClN2O2. The van der Waals surface area contributed by atoms with E-state index in [0.29, 0.717) is 25.5 Å². The van der Waals surface area contributed by atoms with Gasteiger partial charge >= 0.3 is 0 Å². The first-order chi connectivity index (χ1) is 10.0. The lowest BCUT2D eigenvalue weighted by molar-refractivity contribution is -0.122. The van der Waals surface area contributed by atoms with Gasteiger partial charge in [0.1, 0.15) is 0 Å². The third-order valence-electron chi connectivity index (χ3n) is 3.49. The average Bonchev–Trinajstić information content (AvgIpc) is 2.47. The van der Waals surface area contributed by atoms with E-state index in [0.717, 1.165) is 12.0 Å². The second-order valence-electron chi connectivity index (χ2n) is 5.61. The van der Waals surface area contributed by atoms with E-state index in [9.17, 15) is 4.79 Å². The number of amides is 1. The van der Waals surface area contributed by atoms with Crippen molar-refractivity contribution in [1.29, 1.82) is 0 Å². The van der Waals surface area contributed by atoms with Crippen molar-refractivity contribution in [3.8, 4) is 0 Å². The number of carbonyl (C=O) groups is 1. The largest absolute Gasteiger partial charge is 0.378 e. The summed E-state index contributed by atoms with van der Waals surface area (Å²) in [6.45, 7) is 7.55. The number of hydrogen-bond acceptors (Lipinski definition) is 3. The van der Waals surface area contributed by atoms with Gasteiger partial charge in [0, 0.05) is 13.2 Å². The number of rotatable bonds is 9. The van der Waals surface area contributed by atoms with Gasteiger partial charge < -0.3 is 15.8 Å². The molecule has 1 amide bonds. The molecule has 126 valence electrons. The molecular weight excluding hydrogens is 300 g/mol. The van der Waals surface area contributed by atoms with E-state index in [1.165, 1.54) is 0 Å². The zero-order chi connectivity index (χ0) is 15.7. The Labute approximate surface area is 140 Å². The predicted octanol–water partition coefficient (Wildman–Crippen LogP) is 2.55. The molecule has 0 spiro atoms. The van der Waals surface area contributed by atoms with Crippen molar-refractivity contribution in [2.24, 2.45) is 11.7 Å². The Kier molecular flexibility index (Phi) is 10.9. The molecule has 1 unspecified atom stereocenters. The fraction of sp³-hybridized carbons (Fsp3) is 0.588. The molecule has 0 radical (unpaired) electrons. The van der Waals surface area contributed by atoms with Gasteiger partial charge in [-0.15, -0.1) is 12.4 Å². The number of benzene rings is 1. The monoisotopic (exact) mass is 328 g/mol. The first kappa shape index (κ1) is 20.9. The van der Waals surface area contributed by atoms with Gasteiger partial charge in [0.2, 0.25) is 5.91 Å². The molecule has 3 N–H and O–H groups in total. The Morgan fingerprint density at radius 3 is 2.45 bits per heavy atom. The summed E-state index contributed by atoms with van der Waals surface area (Å²) in [7, 11) is 0. The Balaban J connectivity index is 0.00000441. The van der Waals surface area contributed by atoms with E-state index in [1.807, 2.05) is 37.3 Å². The first-order valence-corrected chi connectivity index (χ1v) is 7.73. The number of halogens is 1.